The number of allylic oxidation sites excluding steroid dienone is 1. The number of nitrogens with one attached hydrogen (secondary N) is 1. The van der Waals surface area contributed by atoms with E-state index >= 15 is 0 Å². The third-order valence-electron chi connectivity index (χ3n) is 1.81. The van der Waals surface area contributed by atoms with Gasteiger partial charge in [0, 0.05) is 12.7 Å². The Labute approximate surface area is 83.9 Å². The lowest BCUT2D eigenvalue weighted by Gasteiger charge is -2.02. The molecule has 76 valence electrons. The summed E-state index contributed by atoms with van der Waals surface area (Å²) in [6.07, 6.45) is 8.00. The van der Waals surface area contributed by atoms with Crippen LogP contribution in [0.4, 0.5) is 4.39 Å². The van der Waals surface area contributed by atoms with Gasteiger partial charge in [0.05, 0.1) is 6.20 Å². The van der Waals surface area contributed by atoms with E-state index in [-0.39, 0.29) is 5.82 Å². The molecule has 14 heavy (non-hydrogen) atoms. The fourth-order valence-electron chi connectivity index (χ4n) is 1.14. The van der Waals surface area contributed by atoms with Crippen molar-refractivity contribution in [1.29, 1.82) is 0 Å². The van der Waals surface area contributed by atoms with E-state index in [2.05, 4.69) is 16.4 Å². The van der Waals surface area contributed by atoms with Crippen LogP contribution in [0, 0.1) is 5.82 Å². The molecule has 1 aromatic rings. The predicted octanol–water partition coefficient (Wildman–Crippen LogP) is 2.28. The summed E-state index contributed by atoms with van der Waals surface area (Å²) in [5.74, 6) is -0.280. The van der Waals surface area contributed by atoms with Crippen LogP contribution < -0.4 is 5.32 Å². The van der Waals surface area contributed by atoms with Gasteiger partial charge < -0.3 is 5.32 Å². The number of hydrogen-bond acceptors (Lipinski definition) is 2. The maximum atomic E-state index is 12.7. The highest BCUT2D eigenvalue weighted by Crippen LogP contribution is 1.99. The summed E-state index contributed by atoms with van der Waals surface area (Å²) in [6, 6.07) is 1.50. The largest absolute Gasteiger partial charge is 0.312 e. The Morgan fingerprint density at radius 3 is 3.07 bits per heavy atom. The number of hydrogen-bond donors (Lipinski definition) is 1. The minimum absolute atomic E-state index is 0.280. The van der Waals surface area contributed by atoms with Crippen LogP contribution in [0.25, 0.3) is 0 Å². The van der Waals surface area contributed by atoms with Crippen molar-refractivity contribution in [3.63, 3.8) is 0 Å². The van der Waals surface area contributed by atoms with Gasteiger partial charge >= 0.3 is 0 Å². The Morgan fingerprint density at radius 1 is 1.50 bits per heavy atom. The van der Waals surface area contributed by atoms with E-state index in [1.807, 2.05) is 13.0 Å². The predicted molar refractivity (Wildman–Crippen MR) is 55.3 cm³/mol. The Bertz CT molecular complexity index is 297. The van der Waals surface area contributed by atoms with E-state index in [1.165, 1.54) is 12.3 Å². The summed E-state index contributed by atoms with van der Waals surface area (Å²) in [6.45, 7) is 3.57. The molecule has 1 aromatic heterocycles. The highest BCUT2D eigenvalue weighted by Gasteiger charge is 1.94. The maximum Gasteiger partial charge on any atom is 0.141 e. The molecule has 0 aromatic carbocycles. The molecule has 1 N–H and O–H groups in total. The standard InChI is InChI=1S/C11H15FN2/c1-2-3-4-5-13-7-10-6-11(12)9-14-8-10/h2-3,6,8-9,13H,4-5,7H2,1H3/b3-2+. The molecular weight excluding hydrogens is 179 g/mol. The van der Waals surface area contributed by atoms with Crippen molar-refractivity contribution >= 4 is 0 Å². The minimum Gasteiger partial charge on any atom is -0.312 e. The first-order valence-corrected chi connectivity index (χ1v) is 4.74. The number of halogens is 1. The number of rotatable bonds is 5. The molecule has 0 bridgehead atoms. The quantitative estimate of drug-likeness (QED) is 0.574. The van der Waals surface area contributed by atoms with Crippen LogP contribution in [0.15, 0.2) is 30.6 Å². The van der Waals surface area contributed by atoms with Crippen molar-refractivity contribution in [2.75, 3.05) is 6.54 Å². The summed E-state index contributed by atoms with van der Waals surface area (Å²) in [7, 11) is 0. The van der Waals surface area contributed by atoms with E-state index in [4.69, 9.17) is 0 Å². The second-order valence-electron chi connectivity index (χ2n) is 3.05. The first kappa shape index (κ1) is 10.9. The van der Waals surface area contributed by atoms with Crippen LogP contribution in [0.1, 0.15) is 18.9 Å². The Balaban J connectivity index is 2.24. The van der Waals surface area contributed by atoms with Crippen LogP contribution in [0.3, 0.4) is 0 Å². The van der Waals surface area contributed by atoms with Crippen LogP contribution in [-0.2, 0) is 6.54 Å². The molecule has 3 heteroatoms. The van der Waals surface area contributed by atoms with Gasteiger partial charge in [-0.15, -0.1) is 0 Å². The van der Waals surface area contributed by atoms with E-state index in [0.29, 0.717) is 6.54 Å². The van der Waals surface area contributed by atoms with Crippen molar-refractivity contribution < 1.29 is 4.39 Å². The maximum absolute atomic E-state index is 12.7. The lowest BCUT2D eigenvalue weighted by Crippen LogP contribution is -2.14. The minimum atomic E-state index is -0.280. The molecule has 0 radical (unpaired) electrons. The van der Waals surface area contributed by atoms with E-state index in [0.717, 1.165) is 18.5 Å². The molecule has 0 unspecified atom stereocenters. The van der Waals surface area contributed by atoms with Crippen molar-refractivity contribution in [2.24, 2.45) is 0 Å². The zero-order valence-electron chi connectivity index (χ0n) is 8.33. The second-order valence-corrected chi connectivity index (χ2v) is 3.05. The van der Waals surface area contributed by atoms with Gasteiger partial charge in [0.15, 0.2) is 0 Å². The third-order valence-corrected chi connectivity index (χ3v) is 1.81. The van der Waals surface area contributed by atoms with Crippen LogP contribution in [-0.4, -0.2) is 11.5 Å². The summed E-state index contributed by atoms with van der Waals surface area (Å²) < 4.78 is 12.7. The zero-order chi connectivity index (χ0) is 10.2. The normalized spacial score (nSPS) is 11.0. The highest BCUT2D eigenvalue weighted by molar-refractivity contribution is 5.09. The molecule has 1 rings (SSSR count). The number of pyridine rings is 1. The van der Waals surface area contributed by atoms with Gasteiger partial charge in [0.2, 0.25) is 0 Å². The Kier molecular flexibility index (Phi) is 4.86. The average Bonchev–Trinajstić information content (AvgIpc) is 2.18. The highest BCUT2D eigenvalue weighted by atomic mass is 19.1. The fourth-order valence-corrected chi connectivity index (χ4v) is 1.14. The summed E-state index contributed by atoms with van der Waals surface area (Å²) in [5.41, 5.74) is 0.880. The number of nitrogens with zero attached hydrogens (tertiary/aromatic N) is 1. The SMILES string of the molecule is C/C=C/CCNCc1cncc(F)c1. The van der Waals surface area contributed by atoms with Gasteiger partial charge in [-0.05, 0) is 31.5 Å². The molecule has 0 aliphatic carbocycles. The fraction of sp³-hybridized carbons (Fsp3) is 0.364. The monoisotopic (exact) mass is 194 g/mol. The second kappa shape index (κ2) is 6.27. The Morgan fingerprint density at radius 2 is 2.36 bits per heavy atom. The summed E-state index contributed by atoms with van der Waals surface area (Å²) in [5, 5.41) is 3.21. The van der Waals surface area contributed by atoms with Crippen molar-refractivity contribution in [3.05, 3.63) is 42.0 Å². The van der Waals surface area contributed by atoms with Gasteiger partial charge in [0.25, 0.3) is 0 Å². The van der Waals surface area contributed by atoms with Crippen LogP contribution in [0.2, 0.25) is 0 Å². The molecule has 0 saturated heterocycles. The molecule has 0 spiro atoms. The lowest BCUT2D eigenvalue weighted by atomic mass is 10.3. The summed E-state index contributed by atoms with van der Waals surface area (Å²) in [4.78, 5) is 3.77. The van der Waals surface area contributed by atoms with Crippen molar-refractivity contribution in [3.8, 4) is 0 Å². The number of aromatic nitrogens is 1. The molecule has 0 aliphatic heterocycles. The molecule has 2 nitrogen and oxygen atoms in total. The third kappa shape index (κ3) is 4.14. The molecule has 0 fully saturated rings. The van der Waals surface area contributed by atoms with Crippen LogP contribution in [0.5, 0.6) is 0 Å². The van der Waals surface area contributed by atoms with E-state index in [1.54, 1.807) is 6.20 Å². The van der Waals surface area contributed by atoms with Gasteiger partial charge in [-0.25, -0.2) is 4.39 Å². The van der Waals surface area contributed by atoms with Gasteiger partial charge in [-0.3, -0.25) is 4.98 Å². The van der Waals surface area contributed by atoms with E-state index < -0.39 is 0 Å². The molecule has 0 aliphatic rings. The van der Waals surface area contributed by atoms with Crippen molar-refractivity contribution in [1.82, 2.24) is 10.3 Å². The first-order chi connectivity index (χ1) is 6.83. The smallest absolute Gasteiger partial charge is 0.141 e. The first-order valence-electron chi connectivity index (χ1n) is 4.74. The van der Waals surface area contributed by atoms with Crippen molar-refractivity contribution in [2.45, 2.75) is 19.9 Å². The molecule has 0 atom stereocenters. The van der Waals surface area contributed by atoms with Gasteiger partial charge in [0.1, 0.15) is 5.82 Å². The Hall–Kier alpha value is -1.22. The zero-order valence-corrected chi connectivity index (χ0v) is 8.33. The average molecular weight is 194 g/mol. The molecule has 1 heterocycles. The van der Waals surface area contributed by atoms with Gasteiger partial charge in [-0.1, -0.05) is 12.2 Å². The molecular formula is C11H15FN2. The molecule has 0 saturated carbocycles. The van der Waals surface area contributed by atoms with E-state index in [9.17, 15) is 4.39 Å². The summed E-state index contributed by atoms with van der Waals surface area (Å²) >= 11 is 0. The van der Waals surface area contributed by atoms with Gasteiger partial charge in [-0.2, -0.15) is 0 Å². The van der Waals surface area contributed by atoms with Crippen LogP contribution >= 0.6 is 0 Å². The lowest BCUT2D eigenvalue weighted by molar-refractivity contribution is 0.613. The molecule has 0 amide bonds. The topological polar surface area (TPSA) is 24.9 Å².